The molecule has 0 saturated carbocycles. The van der Waals surface area contributed by atoms with Crippen LogP contribution in [0.15, 0.2) is 48.5 Å². The third kappa shape index (κ3) is 5.15. The molecule has 0 aromatic heterocycles. The lowest BCUT2D eigenvalue weighted by atomic mass is 10.2. The second-order valence-corrected chi connectivity index (χ2v) is 6.01. The third-order valence-corrected chi connectivity index (χ3v) is 3.98. The van der Waals surface area contributed by atoms with E-state index in [0.29, 0.717) is 17.0 Å². The van der Waals surface area contributed by atoms with Crippen LogP contribution < -0.4 is 19.7 Å². The number of carbonyl (C=O) groups excluding carboxylic acids is 2. The minimum absolute atomic E-state index is 0.102. The van der Waals surface area contributed by atoms with E-state index in [1.54, 1.807) is 24.3 Å². The van der Waals surface area contributed by atoms with Crippen molar-refractivity contribution in [3.63, 3.8) is 0 Å². The first-order valence-corrected chi connectivity index (χ1v) is 8.45. The van der Waals surface area contributed by atoms with Crippen LogP contribution in [0.5, 0.6) is 11.5 Å². The Hall–Kier alpha value is -3.23. The van der Waals surface area contributed by atoms with Crippen LogP contribution in [0, 0.1) is 0 Å². The van der Waals surface area contributed by atoms with Crippen LogP contribution in [0.4, 0.5) is 18.9 Å². The molecule has 2 aromatic carbocycles. The zero-order valence-electron chi connectivity index (χ0n) is 14.7. The predicted octanol–water partition coefficient (Wildman–Crippen LogP) is 3.02. The number of halogens is 3. The van der Waals surface area contributed by atoms with Crippen molar-refractivity contribution in [2.45, 2.75) is 19.3 Å². The summed E-state index contributed by atoms with van der Waals surface area (Å²) in [5, 5.41) is 2.65. The molecule has 0 saturated heterocycles. The summed E-state index contributed by atoms with van der Waals surface area (Å²) in [6.45, 7) is 0.153. The van der Waals surface area contributed by atoms with Gasteiger partial charge in [0.15, 0.2) is 0 Å². The van der Waals surface area contributed by atoms with E-state index in [2.05, 4.69) is 10.1 Å². The molecule has 0 atom stereocenters. The SMILES string of the molecule is O=C(CN1C(=O)CCOc2ccccc21)NCc1ccc(OC(F)(F)F)cc1. The van der Waals surface area contributed by atoms with E-state index in [1.807, 2.05) is 0 Å². The summed E-state index contributed by atoms with van der Waals surface area (Å²) in [4.78, 5) is 25.9. The largest absolute Gasteiger partial charge is 0.573 e. The lowest BCUT2D eigenvalue weighted by Crippen LogP contribution is -2.40. The van der Waals surface area contributed by atoms with Crippen molar-refractivity contribution in [3.05, 3.63) is 54.1 Å². The van der Waals surface area contributed by atoms with Gasteiger partial charge < -0.3 is 14.8 Å². The number of para-hydroxylation sites is 2. The van der Waals surface area contributed by atoms with E-state index < -0.39 is 12.3 Å². The van der Waals surface area contributed by atoms with E-state index in [1.165, 1.54) is 29.2 Å². The highest BCUT2D eigenvalue weighted by Gasteiger charge is 2.31. The fourth-order valence-electron chi connectivity index (χ4n) is 2.70. The summed E-state index contributed by atoms with van der Waals surface area (Å²) in [5.41, 5.74) is 1.11. The first-order valence-electron chi connectivity index (χ1n) is 8.45. The first kappa shape index (κ1) is 19.5. The molecule has 0 spiro atoms. The summed E-state index contributed by atoms with van der Waals surface area (Å²) in [6.07, 6.45) is -4.60. The molecule has 2 amide bonds. The fourth-order valence-corrected chi connectivity index (χ4v) is 2.70. The maximum absolute atomic E-state index is 12.3. The molecule has 1 aliphatic heterocycles. The Labute approximate surface area is 158 Å². The van der Waals surface area contributed by atoms with Gasteiger partial charge in [0.05, 0.1) is 18.7 Å². The molecule has 1 N–H and O–H groups in total. The standard InChI is InChI=1S/C19H17F3N2O4/c20-19(21,22)28-14-7-5-13(6-8-14)11-23-17(25)12-24-15-3-1-2-4-16(15)27-10-9-18(24)26/h1-8H,9-12H2,(H,23,25). The highest BCUT2D eigenvalue weighted by atomic mass is 19.4. The van der Waals surface area contributed by atoms with Gasteiger partial charge in [-0.2, -0.15) is 0 Å². The van der Waals surface area contributed by atoms with Crippen LogP contribution in [0.2, 0.25) is 0 Å². The van der Waals surface area contributed by atoms with E-state index in [-0.39, 0.29) is 37.8 Å². The number of ether oxygens (including phenoxy) is 2. The van der Waals surface area contributed by atoms with Crippen LogP contribution in [0.3, 0.4) is 0 Å². The molecule has 1 aliphatic rings. The van der Waals surface area contributed by atoms with Crippen molar-refractivity contribution < 1.29 is 32.2 Å². The number of rotatable bonds is 5. The minimum Gasteiger partial charge on any atom is -0.491 e. The lowest BCUT2D eigenvalue weighted by Gasteiger charge is -2.21. The van der Waals surface area contributed by atoms with Crippen LogP contribution in [0.1, 0.15) is 12.0 Å². The smallest absolute Gasteiger partial charge is 0.491 e. The number of benzene rings is 2. The molecule has 6 nitrogen and oxygen atoms in total. The lowest BCUT2D eigenvalue weighted by molar-refractivity contribution is -0.274. The number of amides is 2. The minimum atomic E-state index is -4.75. The maximum atomic E-state index is 12.3. The van der Waals surface area contributed by atoms with Crippen molar-refractivity contribution in [2.75, 3.05) is 18.1 Å². The van der Waals surface area contributed by atoms with Crippen LogP contribution in [-0.4, -0.2) is 31.3 Å². The van der Waals surface area contributed by atoms with Gasteiger partial charge in [-0.3, -0.25) is 14.5 Å². The topological polar surface area (TPSA) is 67.9 Å². The monoisotopic (exact) mass is 394 g/mol. The molecule has 148 valence electrons. The molecular formula is C19H17F3N2O4. The highest BCUT2D eigenvalue weighted by Crippen LogP contribution is 2.30. The van der Waals surface area contributed by atoms with Gasteiger partial charge in [0.1, 0.15) is 18.0 Å². The van der Waals surface area contributed by atoms with Gasteiger partial charge >= 0.3 is 6.36 Å². The second kappa shape index (κ2) is 8.20. The summed E-state index contributed by atoms with van der Waals surface area (Å²) in [6, 6.07) is 12.1. The molecule has 0 radical (unpaired) electrons. The number of fused-ring (bicyclic) bond motifs is 1. The van der Waals surface area contributed by atoms with Crippen molar-refractivity contribution >= 4 is 17.5 Å². The molecular weight excluding hydrogens is 377 g/mol. The van der Waals surface area contributed by atoms with Crippen molar-refractivity contribution in [1.82, 2.24) is 5.32 Å². The molecule has 1 heterocycles. The zero-order valence-corrected chi connectivity index (χ0v) is 14.7. The molecule has 2 aromatic rings. The van der Waals surface area contributed by atoms with Crippen molar-refractivity contribution in [2.24, 2.45) is 0 Å². The Balaban J connectivity index is 1.59. The van der Waals surface area contributed by atoms with Gasteiger partial charge in [-0.05, 0) is 29.8 Å². The first-order chi connectivity index (χ1) is 13.3. The summed E-state index contributed by atoms with van der Waals surface area (Å²) in [7, 11) is 0. The van der Waals surface area contributed by atoms with E-state index in [4.69, 9.17) is 4.74 Å². The number of nitrogens with zero attached hydrogens (tertiary/aromatic N) is 1. The normalized spacial score (nSPS) is 14.0. The molecule has 0 fully saturated rings. The zero-order chi connectivity index (χ0) is 20.1. The van der Waals surface area contributed by atoms with Crippen molar-refractivity contribution in [3.8, 4) is 11.5 Å². The quantitative estimate of drug-likeness (QED) is 0.847. The number of hydrogen-bond donors (Lipinski definition) is 1. The van der Waals surface area contributed by atoms with E-state index in [9.17, 15) is 22.8 Å². The van der Waals surface area contributed by atoms with Gasteiger partial charge in [-0.25, -0.2) is 0 Å². The fraction of sp³-hybridized carbons (Fsp3) is 0.263. The van der Waals surface area contributed by atoms with Crippen LogP contribution in [0.25, 0.3) is 0 Å². The average Bonchev–Trinajstić information content (AvgIpc) is 2.79. The number of anilines is 1. The van der Waals surface area contributed by atoms with Crippen LogP contribution in [-0.2, 0) is 16.1 Å². The molecule has 28 heavy (non-hydrogen) atoms. The Bertz CT molecular complexity index is 853. The number of carbonyl (C=O) groups is 2. The average molecular weight is 394 g/mol. The van der Waals surface area contributed by atoms with Crippen molar-refractivity contribution in [1.29, 1.82) is 0 Å². The Morgan fingerprint density at radius 1 is 1.14 bits per heavy atom. The number of nitrogens with one attached hydrogen (secondary N) is 1. The Kier molecular flexibility index (Phi) is 5.72. The van der Waals surface area contributed by atoms with Gasteiger partial charge in [-0.15, -0.1) is 13.2 Å². The van der Waals surface area contributed by atoms with Crippen LogP contribution >= 0.6 is 0 Å². The summed E-state index contributed by atoms with van der Waals surface area (Å²) in [5.74, 6) is -0.440. The van der Waals surface area contributed by atoms with Gasteiger partial charge in [0, 0.05) is 6.54 Å². The Morgan fingerprint density at radius 2 is 1.86 bits per heavy atom. The van der Waals surface area contributed by atoms with E-state index >= 15 is 0 Å². The summed E-state index contributed by atoms with van der Waals surface area (Å²) >= 11 is 0. The van der Waals surface area contributed by atoms with E-state index in [0.717, 1.165) is 0 Å². The number of alkyl halides is 3. The molecule has 0 unspecified atom stereocenters. The van der Waals surface area contributed by atoms with Gasteiger partial charge in [-0.1, -0.05) is 24.3 Å². The summed E-state index contributed by atoms with van der Waals surface area (Å²) < 4.78 is 45.8. The third-order valence-electron chi connectivity index (χ3n) is 3.98. The maximum Gasteiger partial charge on any atom is 0.573 e. The predicted molar refractivity (Wildman–Crippen MR) is 93.9 cm³/mol. The van der Waals surface area contributed by atoms with Gasteiger partial charge in [0.25, 0.3) is 0 Å². The Morgan fingerprint density at radius 3 is 2.57 bits per heavy atom. The molecule has 9 heteroatoms. The second-order valence-electron chi connectivity index (χ2n) is 6.01. The number of hydrogen-bond acceptors (Lipinski definition) is 4. The highest BCUT2D eigenvalue weighted by molar-refractivity contribution is 6.00. The molecule has 3 rings (SSSR count). The van der Waals surface area contributed by atoms with Gasteiger partial charge in [0.2, 0.25) is 11.8 Å². The molecule has 0 bridgehead atoms. The molecule has 0 aliphatic carbocycles.